The van der Waals surface area contributed by atoms with E-state index in [1.54, 1.807) is 49.4 Å². The molecule has 0 unspecified atom stereocenters. The Balaban J connectivity index is 1.89. The number of hydrogen-bond acceptors (Lipinski definition) is 8. The number of nitrogens with zero attached hydrogens (tertiary/aromatic N) is 1. The van der Waals surface area contributed by atoms with Crippen molar-refractivity contribution in [2.75, 3.05) is 20.3 Å². The summed E-state index contributed by atoms with van der Waals surface area (Å²) in [5, 5.41) is -0.566. The fourth-order valence-electron chi connectivity index (χ4n) is 2.74. The van der Waals surface area contributed by atoms with Crippen LogP contribution in [-0.2, 0) is 14.3 Å². The van der Waals surface area contributed by atoms with Gasteiger partial charge < -0.3 is 14.2 Å². The molecule has 166 valence electrons. The summed E-state index contributed by atoms with van der Waals surface area (Å²) in [5.74, 6) is -1.37. The number of imide groups is 1. The molecule has 0 saturated carbocycles. The molecular formula is C22H18BrNO7S. The zero-order valence-electron chi connectivity index (χ0n) is 17.1. The van der Waals surface area contributed by atoms with Crippen LogP contribution >= 0.6 is 27.7 Å². The topological polar surface area (TPSA) is 99.2 Å². The minimum atomic E-state index is -0.695. The Kier molecular flexibility index (Phi) is 7.70. The molecule has 0 aromatic heterocycles. The number of benzene rings is 2. The Hall–Kier alpha value is -3.11. The third-order valence-corrected chi connectivity index (χ3v) is 5.72. The molecule has 0 spiro atoms. The lowest BCUT2D eigenvalue weighted by Crippen LogP contribution is -2.34. The second kappa shape index (κ2) is 10.5. The van der Waals surface area contributed by atoms with Gasteiger partial charge in [-0.2, -0.15) is 0 Å². The number of amides is 2. The van der Waals surface area contributed by atoms with Crippen molar-refractivity contribution in [2.24, 2.45) is 0 Å². The minimum absolute atomic E-state index is 0.141. The Morgan fingerprint density at radius 3 is 2.53 bits per heavy atom. The molecule has 1 saturated heterocycles. The number of carbonyl (C=O) groups excluding carboxylic acids is 4. The number of carbonyl (C=O) groups is 4. The minimum Gasteiger partial charge on any atom is -0.490 e. The molecule has 0 bridgehead atoms. The quantitative estimate of drug-likeness (QED) is 0.303. The number of thioether (sulfide) groups is 1. The molecule has 0 aliphatic carbocycles. The van der Waals surface area contributed by atoms with E-state index >= 15 is 0 Å². The van der Waals surface area contributed by atoms with Crippen molar-refractivity contribution < 1.29 is 33.4 Å². The number of ether oxygens (including phenoxy) is 3. The third-order valence-electron chi connectivity index (χ3n) is 4.22. The second-order valence-electron chi connectivity index (χ2n) is 6.36. The number of rotatable bonds is 7. The number of hydrogen-bond donors (Lipinski definition) is 0. The van der Waals surface area contributed by atoms with E-state index in [1.807, 2.05) is 0 Å². The van der Waals surface area contributed by atoms with Crippen molar-refractivity contribution in [1.82, 2.24) is 4.90 Å². The molecule has 2 aromatic rings. The van der Waals surface area contributed by atoms with Gasteiger partial charge in [-0.05, 0) is 70.5 Å². The van der Waals surface area contributed by atoms with E-state index in [0.29, 0.717) is 34.0 Å². The van der Waals surface area contributed by atoms with Crippen LogP contribution in [0.1, 0.15) is 22.8 Å². The first-order valence-electron chi connectivity index (χ1n) is 9.39. The van der Waals surface area contributed by atoms with Gasteiger partial charge in [0.15, 0.2) is 11.5 Å². The average molecular weight is 520 g/mol. The molecule has 8 nitrogen and oxygen atoms in total. The fourth-order valence-corrected chi connectivity index (χ4v) is 4.12. The maximum absolute atomic E-state index is 12.5. The Bertz CT molecular complexity index is 1100. The van der Waals surface area contributed by atoms with Crippen LogP contribution < -0.4 is 9.47 Å². The summed E-state index contributed by atoms with van der Waals surface area (Å²) in [5.41, 5.74) is 0.911. The van der Waals surface area contributed by atoms with Crippen LogP contribution in [0.2, 0.25) is 0 Å². The van der Waals surface area contributed by atoms with Gasteiger partial charge >= 0.3 is 11.9 Å². The third kappa shape index (κ3) is 5.38. The number of methoxy groups -OCH3 is 1. The second-order valence-corrected chi connectivity index (χ2v) is 8.21. The van der Waals surface area contributed by atoms with Crippen molar-refractivity contribution in [3.63, 3.8) is 0 Å². The van der Waals surface area contributed by atoms with Crippen molar-refractivity contribution in [3.8, 4) is 11.5 Å². The summed E-state index contributed by atoms with van der Waals surface area (Å²) in [6, 6.07) is 11.7. The summed E-state index contributed by atoms with van der Waals surface area (Å²) in [6.45, 7) is 1.63. The van der Waals surface area contributed by atoms with Crippen molar-refractivity contribution in [3.05, 3.63) is 63.0 Å². The van der Waals surface area contributed by atoms with Gasteiger partial charge in [-0.3, -0.25) is 19.3 Å². The van der Waals surface area contributed by atoms with Crippen LogP contribution in [0.5, 0.6) is 11.5 Å². The molecule has 3 rings (SSSR count). The van der Waals surface area contributed by atoms with Gasteiger partial charge in [-0.1, -0.05) is 18.2 Å². The highest BCUT2D eigenvalue weighted by Gasteiger charge is 2.36. The van der Waals surface area contributed by atoms with E-state index in [2.05, 4.69) is 20.7 Å². The van der Waals surface area contributed by atoms with E-state index in [-0.39, 0.29) is 16.4 Å². The van der Waals surface area contributed by atoms with Gasteiger partial charge in [0.1, 0.15) is 6.54 Å². The van der Waals surface area contributed by atoms with Crippen LogP contribution in [-0.4, -0.2) is 48.2 Å². The lowest BCUT2D eigenvalue weighted by Gasteiger charge is -2.14. The summed E-state index contributed by atoms with van der Waals surface area (Å²) in [6.07, 6.45) is 1.50. The molecule has 1 heterocycles. The highest BCUT2D eigenvalue weighted by Crippen LogP contribution is 2.39. The molecule has 0 N–H and O–H groups in total. The van der Waals surface area contributed by atoms with E-state index in [9.17, 15) is 19.2 Å². The van der Waals surface area contributed by atoms with Gasteiger partial charge in [0.25, 0.3) is 11.1 Å². The van der Waals surface area contributed by atoms with Crippen LogP contribution in [0, 0.1) is 0 Å². The molecule has 2 aromatic carbocycles. The maximum Gasteiger partial charge on any atom is 0.343 e. The van der Waals surface area contributed by atoms with Crippen molar-refractivity contribution in [1.29, 1.82) is 0 Å². The zero-order valence-corrected chi connectivity index (χ0v) is 19.5. The summed E-state index contributed by atoms with van der Waals surface area (Å²) in [4.78, 5) is 49.5. The van der Waals surface area contributed by atoms with Gasteiger partial charge in [0.05, 0.1) is 28.7 Å². The highest BCUT2D eigenvalue weighted by atomic mass is 79.9. The maximum atomic E-state index is 12.5. The number of esters is 2. The standard InChI is InChI=1S/C22H18BrNO7S/c1-3-30-16-10-13(11-17-20(26)24(22(28)32-17)12-18(25)29-2)9-15(23)19(16)31-21(27)14-7-5-4-6-8-14/h4-11H,3,12H2,1-2H3/b17-11-. The predicted octanol–water partition coefficient (Wildman–Crippen LogP) is 4.28. The summed E-state index contributed by atoms with van der Waals surface area (Å²) in [7, 11) is 1.18. The summed E-state index contributed by atoms with van der Waals surface area (Å²) >= 11 is 4.10. The van der Waals surface area contributed by atoms with Gasteiger partial charge in [-0.25, -0.2) is 4.79 Å². The first-order valence-corrected chi connectivity index (χ1v) is 11.0. The van der Waals surface area contributed by atoms with Gasteiger partial charge in [-0.15, -0.1) is 0 Å². The zero-order chi connectivity index (χ0) is 23.3. The van der Waals surface area contributed by atoms with Crippen molar-refractivity contribution >= 4 is 56.9 Å². The Labute approximate surface area is 196 Å². The lowest BCUT2D eigenvalue weighted by molar-refractivity contribution is -0.143. The van der Waals surface area contributed by atoms with E-state index in [1.165, 1.54) is 13.2 Å². The first kappa shape index (κ1) is 23.6. The predicted molar refractivity (Wildman–Crippen MR) is 121 cm³/mol. The molecule has 0 radical (unpaired) electrons. The molecule has 0 atom stereocenters. The van der Waals surface area contributed by atoms with E-state index in [4.69, 9.17) is 9.47 Å². The molecular weight excluding hydrogens is 502 g/mol. The van der Waals surface area contributed by atoms with Crippen LogP contribution in [0.25, 0.3) is 6.08 Å². The lowest BCUT2D eigenvalue weighted by atomic mass is 10.1. The molecule has 1 fully saturated rings. The SMILES string of the molecule is CCOc1cc(/C=C2\SC(=O)N(CC(=O)OC)C2=O)cc(Br)c1OC(=O)c1ccccc1. The van der Waals surface area contributed by atoms with E-state index < -0.39 is 29.6 Å². The smallest absolute Gasteiger partial charge is 0.343 e. The highest BCUT2D eigenvalue weighted by molar-refractivity contribution is 9.10. The monoisotopic (exact) mass is 519 g/mol. The Morgan fingerprint density at radius 2 is 1.88 bits per heavy atom. The Morgan fingerprint density at radius 1 is 1.16 bits per heavy atom. The van der Waals surface area contributed by atoms with Crippen LogP contribution in [0.3, 0.4) is 0 Å². The van der Waals surface area contributed by atoms with Gasteiger partial charge in [0, 0.05) is 0 Å². The van der Waals surface area contributed by atoms with Gasteiger partial charge in [0.2, 0.25) is 0 Å². The molecule has 2 amide bonds. The average Bonchev–Trinajstić information content (AvgIpc) is 3.03. The summed E-state index contributed by atoms with van der Waals surface area (Å²) < 4.78 is 16.1. The van der Waals surface area contributed by atoms with E-state index in [0.717, 1.165) is 4.90 Å². The molecule has 1 aliphatic heterocycles. The molecule has 32 heavy (non-hydrogen) atoms. The fraction of sp³-hybridized carbons (Fsp3) is 0.182. The van der Waals surface area contributed by atoms with Crippen LogP contribution in [0.4, 0.5) is 4.79 Å². The van der Waals surface area contributed by atoms with Crippen molar-refractivity contribution in [2.45, 2.75) is 6.92 Å². The molecule has 1 aliphatic rings. The molecule has 10 heteroatoms. The normalized spacial score (nSPS) is 14.6. The van der Waals surface area contributed by atoms with Crippen LogP contribution in [0.15, 0.2) is 51.8 Å². The number of halogens is 1. The largest absolute Gasteiger partial charge is 0.490 e. The first-order chi connectivity index (χ1) is 15.3.